The molecule has 4 rings (SSSR count). The van der Waals surface area contributed by atoms with Crippen LogP contribution >= 0.6 is 11.3 Å². The molecule has 2 aromatic rings. The molecule has 0 aromatic carbocycles. The molecular weight excluding hydrogens is 436 g/mol. The fourth-order valence-electron chi connectivity index (χ4n) is 3.43. The van der Waals surface area contributed by atoms with E-state index in [1.807, 2.05) is 6.20 Å². The number of hydrogen-bond acceptors (Lipinski definition) is 9. The number of carbonyl (C=O) groups is 3. The Kier molecular flexibility index (Phi) is 8.20. The summed E-state index contributed by atoms with van der Waals surface area (Å²) in [5.74, 6) is -1.47. The number of nitrogens with one attached hydrogen (secondary N) is 2. The third kappa shape index (κ3) is 6.28. The van der Waals surface area contributed by atoms with Crippen molar-refractivity contribution in [3.05, 3.63) is 34.1 Å². The molecule has 1 unspecified atom stereocenters. The fourth-order valence-corrected chi connectivity index (χ4v) is 4.27. The zero-order chi connectivity index (χ0) is 23.1. The van der Waals surface area contributed by atoms with E-state index in [0.717, 1.165) is 37.7 Å². The lowest BCUT2D eigenvalue weighted by Gasteiger charge is -2.17. The monoisotopic (exact) mass is 462 g/mol. The lowest BCUT2D eigenvalue weighted by Crippen LogP contribution is -2.33. The maximum atomic E-state index is 12.6. The molecule has 0 radical (unpaired) electrons. The molecule has 0 aliphatic carbocycles. The van der Waals surface area contributed by atoms with E-state index in [-0.39, 0.29) is 18.2 Å². The molecule has 1 saturated heterocycles. The van der Waals surface area contributed by atoms with Crippen LogP contribution in [-0.2, 0) is 45.2 Å². The summed E-state index contributed by atoms with van der Waals surface area (Å²) in [5, 5.41) is 22.9. The van der Waals surface area contributed by atoms with Gasteiger partial charge in [-0.1, -0.05) is 11.3 Å². The number of fused-ring (bicyclic) bond motifs is 1. The molecule has 0 saturated carbocycles. The number of amides is 2. The van der Waals surface area contributed by atoms with Crippen LogP contribution in [0.2, 0.25) is 0 Å². The van der Waals surface area contributed by atoms with Crippen molar-refractivity contribution in [2.24, 2.45) is 5.92 Å². The second-order valence-corrected chi connectivity index (χ2v) is 8.47. The minimum absolute atomic E-state index is 0.109. The van der Waals surface area contributed by atoms with Crippen LogP contribution in [0.1, 0.15) is 35.2 Å². The molecule has 2 aromatic heterocycles. The normalized spacial score (nSPS) is 17.4. The van der Waals surface area contributed by atoms with E-state index in [1.165, 1.54) is 21.8 Å². The first-order valence-corrected chi connectivity index (χ1v) is 10.9. The number of methoxy groups -OCH3 is 1. The predicted octanol–water partition coefficient (Wildman–Crippen LogP) is 0.485. The molecule has 2 aliphatic rings. The Bertz CT molecular complexity index is 977. The number of carboxylic acid groups (broad SMARTS) is 1. The predicted molar refractivity (Wildman–Crippen MR) is 116 cm³/mol. The molecule has 12 heteroatoms. The number of hydrogen-bond donors (Lipinski definition) is 3. The average molecular weight is 463 g/mol. The summed E-state index contributed by atoms with van der Waals surface area (Å²) in [7, 11) is 1.58. The van der Waals surface area contributed by atoms with Gasteiger partial charge in [-0.2, -0.15) is 0 Å². The van der Waals surface area contributed by atoms with Crippen LogP contribution in [0.4, 0.5) is 5.13 Å². The van der Waals surface area contributed by atoms with Crippen molar-refractivity contribution in [1.29, 1.82) is 0 Å². The van der Waals surface area contributed by atoms with Gasteiger partial charge in [0.05, 0.1) is 5.92 Å². The summed E-state index contributed by atoms with van der Waals surface area (Å²) >= 11 is 1.31. The molecular formula is C20H26N6O5S. The van der Waals surface area contributed by atoms with E-state index >= 15 is 0 Å². The summed E-state index contributed by atoms with van der Waals surface area (Å²) in [4.78, 5) is 39.9. The number of aliphatic carboxylic acids is 1. The highest BCUT2D eigenvalue weighted by atomic mass is 32.1. The maximum Gasteiger partial charge on any atom is 0.300 e. The van der Waals surface area contributed by atoms with Crippen LogP contribution < -0.4 is 15.5 Å². The van der Waals surface area contributed by atoms with Crippen LogP contribution in [0.15, 0.2) is 12.3 Å². The zero-order valence-electron chi connectivity index (χ0n) is 18.0. The second-order valence-electron chi connectivity index (χ2n) is 7.43. The standard InChI is InChI=1S/C18H22N6O3S.C2H4O2/c1-27-10-15-22-23-18(28-15)24-9-13(5-16(24)25)17(26)21-7-11-4-12-8-19-3-2-14(12)20-6-11;1-2(3)4/h4,6,13,19H,2-3,5,7-10H2,1H3,(H,21,26);1H3,(H,3,4). The van der Waals surface area contributed by atoms with E-state index in [0.29, 0.717) is 29.8 Å². The Morgan fingerprint density at radius 1 is 1.41 bits per heavy atom. The van der Waals surface area contributed by atoms with Crippen molar-refractivity contribution in [1.82, 2.24) is 25.8 Å². The van der Waals surface area contributed by atoms with E-state index in [9.17, 15) is 9.59 Å². The van der Waals surface area contributed by atoms with E-state index in [2.05, 4.69) is 31.9 Å². The van der Waals surface area contributed by atoms with Crippen LogP contribution in [0.3, 0.4) is 0 Å². The lowest BCUT2D eigenvalue weighted by atomic mass is 10.0. The summed E-state index contributed by atoms with van der Waals surface area (Å²) in [6, 6.07) is 2.08. The Morgan fingerprint density at radius 2 is 2.19 bits per heavy atom. The molecule has 0 spiro atoms. The first kappa shape index (κ1) is 23.7. The average Bonchev–Trinajstić information content (AvgIpc) is 3.38. The van der Waals surface area contributed by atoms with Crippen LogP contribution in [0, 0.1) is 5.92 Å². The SMILES string of the molecule is CC(=O)O.COCc1nnc(N2CC(C(=O)NCc3cnc4c(c3)CNCC4)CC2=O)s1. The minimum atomic E-state index is -0.833. The Morgan fingerprint density at radius 3 is 2.94 bits per heavy atom. The third-order valence-electron chi connectivity index (χ3n) is 4.89. The number of ether oxygens (including phenoxy) is 1. The van der Waals surface area contributed by atoms with Gasteiger partial charge in [0, 0.05) is 64.9 Å². The van der Waals surface area contributed by atoms with E-state index in [4.69, 9.17) is 14.6 Å². The number of rotatable bonds is 6. The van der Waals surface area contributed by atoms with Crippen molar-refractivity contribution in [2.45, 2.75) is 39.5 Å². The number of nitrogens with zero attached hydrogens (tertiary/aromatic N) is 4. The summed E-state index contributed by atoms with van der Waals surface area (Å²) in [6.07, 6.45) is 2.92. The van der Waals surface area contributed by atoms with Gasteiger partial charge >= 0.3 is 0 Å². The van der Waals surface area contributed by atoms with Crippen LogP contribution in [0.5, 0.6) is 0 Å². The first-order chi connectivity index (χ1) is 15.4. The van der Waals surface area contributed by atoms with Crippen molar-refractivity contribution in [2.75, 3.05) is 25.1 Å². The number of carbonyl (C=O) groups excluding carboxylic acids is 2. The molecule has 3 N–H and O–H groups in total. The van der Waals surface area contributed by atoms with E-state index in [1.54, 1.807) is 7.11 Å². The minimum Gasteiger partial charge on any atom is -0.481 e. The van der Waals surface area contributed by atoms with Gasteiger partial charge in [0.1, 0.15) is 11.6 Å². The second kappa shape index (κ2) is 11.1. The molecule has 11 nitrogen and oxygen atoms in total. The molecule has 1 fully saturated rings. The van der Waals surface area contributed by atoms with Gasteiger partial charge in [-0.3, -0.25) is 24.3 Å². The topological polar surface area (TPSA) is 147 Å². The largest absolute Gasteiger partial charge is 0.481 e. The Labute approximate surface area is 189 Å². The van der Waals surface area contributed by atoms with Gasteiger partial charge in [0.15, 0.2) is 0 Å². The van der Waals surface area contributed by atoms with Gasteiger partial charge in [0.2, 0.25) is 16.9 Å². The molecule has 2 aliphatic heterocycles. The lowest BCUT2D eigenvalue weighted by molar-refractivity contribution is -0.134. The maximum absolute atomic E-state index is 12.6. The van der Waals surface area contributed by atoms with Crippen LogP contribution in [-0.4, -0.2) is 58.3 Å². The Hall–Kier alpha value is -2.96. The molecule has 2 amide bonds. The highest BCUT2D eigenvalue weighted by Crippen LogP contribution is 2.28. The van der Waals surface area contributed by atoms with Crippen molar-refractivity contribution in [3.63, 3.8) is 0 Å². The first-order valence-electron chi connectivity index (χ1n) is 10.1. The summed E-state index contributed by atoms with van der Waals surface area (Å²) in [6.45, 7) is 3.92. The number of pyridine rings is 1. The smallest absolute Gasteiger partial charge is 0.300 e. The van der Waals surface area contributed by atoms with Crippen molar-refractivity contribution >= 4 is 34.3 Å². The van der Waals surface area contributed by atoms with Crippen molar-refractivity contribution < 1.29 is 24.2 Å². The highest BCUT2D eigenvalue weighted by molar-refractivity contribution is 7.15. The van der Waals surface area contributed by atoms with Gasteiger partial charge < -0.3 is 20.5 Å². The highest BCUT2D eigenvalue weighted by Gasteiger charge is 2.36. The molecule has 1 atom stereocenters. The number of anilines is 1. The van der Waals surface area contributed by atoms with Gasteiger partial charge in [-0.05, 0) is 17.2 Å². The zero-order valence-corrected chi connectivity index (χ0v) is 18.8. The number of aromatic nitrogens is 3. The van der Waals surface area contributed by atoms with Gasteiger partial charge in [-0.15, -0.1) is 10.2 Å². The molecule has 4 heterocycles. The van der Waals surface area contributed by atoms with Crippen LogP contribution in [0.25, 0.3) is 0 Å². The van der Waals surface area contributed by atoms with E-state index < -0.39 is 11.9 Å². The molecule has 0 bridgehead atoms. The summed E-state index contributed by atoms with van der Waals surface area (Å²) in [5.41, 5.74) is 3.27. The van der Waals surface area contributed by atoms with Gasteiger partial charge in [-0.25, -0.2) is 0 Å². The Balaban J connectivity index is 0.000000668. The molecule has 32 heavy (non-hydrogen) atoms. The molecule has 172 valence electrons. The van der Waals surface area contributed by atoms with Crippen molar-refractivity contribution in [3.8, 4) is 0 Å². The third-order valence-corrected chi connectivity index (χ3v) is 5.81. The van der Waals surface area contributed by atoms with Gasteiger partial charge in [0.25, 0.3) is 5.97 Å². The number of carboxylic acids is 1. The quantitative estimate of drug-likeness (QED) is 0.558. The fraction of sp³-hybridized carbons (Fsp3) is 0.500. The summed E-state index contributed by atoms with van der Waals surface area (Å²) < 4.78 is 5.03.